The van der Waals surface area contributed by atoms with Gasteiger partial charge in [-0.1, -0.05) is 12.1 Å². The van der Waals surface area contributed by atoms with Crippen LogP contribution in [0.4, 0.5) is 38.0 Å². The van der Waals surface area contributed by atoms with Crippen LogP contribution >= 0.6 is 0 Å². The normalized spacial score (nSPS) is 10.3. The molecule has 0 aliphatic carbocycles. The maximum atomic E-state index is 13.2. The first-order chi connectivity index (χ1) is 11.1. The third kappa shape index (κ3) is 3.88. The Morgan fingerprint density at radius 1 is 0.739 bits per heavy atom. The van der Waals surface area contributed by atoms with E-state index in [4.69, 9.17) is 5.73 Å². The highest BCUT2D eigenvalue weighted by Gasteiger charge is 2.06. The SMILES string of the molecule is Nc1nc(Nc2cccc(F)c2)nc(Nc2cccc(F)c2)n1. The van der Waals surface area contributed by atoms with Gasteiger partial charge >= 0.3 is 0 Å². The topological polar surface area (TPSA) is 88.8 Å². The zero-order chi connectivity index (χ0) is 16.2. The summed E-state index contributed by atoms with van der Waals surface area (Å²) in [6, 6.07) is 11.6. The molecule has 4 N–H and O–H groups in total. The number of anilines is 5. The molecule has 23 heavy (non-hydrogen) atoms. The molecule has 1 aromatic heterocycles. The van der Waals surface area contributed by atoms with Gasteiger partial charge < -0.3 is 16.4 Å². The van der Waals surface area contributed by atoms with E-state index in [0.717, 1.165) is 0 Å². The summed E-state index contributed by atoms with van der Waals surface area (Å²) in [6.45, 7) is 0. The zero-order valence-electron chi connectivity index (χ0n) is 11.8. The van der Waals surface area contributed by atoms with Gasteiger partial charge in [0, 0.05) is 11.4 Å². The largest absolute Gasteiger partial charge is 0.368 e. The summed E-state index contributed by atoms with van der Waals surface area (Å²) in [7, 11) is 0. The summed E-state index contributed by atoms with van der Waals surface area (Å²) in [4.78, 5) is 12.0. The van der Waals surface area contributed by atoms with Gasteiger partial charge in [-0.25, -0.2) is 8.78 Å². The Labute approximate surface area is 130 Å². The van der Waals surface area contributed by atoms with E-state index in [0.29, 0.717) is 11.4 Å². The second-order valence-electron chi connectivity index (χ2n) is 4.61. The first kappa shape index (κ1) is 14.6. The average molecular weight is 314 g/mol. The minimum atomic E-state index is -0.393. The van der Waals surface area contributed by atoms with Crippen molar-refractivity contribution in [2.75, 3.05) is 16.4 Å². The molecule has 8 heteroatoms. The molecule has 0 spiro atoms. The van der Waals surface area contributed by atoms with Crippen LogP contribution in [0.5, 0.6) is 0 Å². The molecular weight excluding hydrogens is 302 g/mol. The highest BCUT2D eigenvalue weighted by Crippen LogP contribution is 2.18. The Hall–Kier alpha value is -3.29. The molecule has 6 nitrogen and oxygen atoms in total. The van der Waals surface area contributed by atoms with Crippen LogP contribution in [0, 0.1) is 11.6 Å². The fraction of sp³-hybridized carbons (Fsp3) is 0. The summed E-state index contributed by atoms with van der Waals surface area (Å²) in [5.74, 6) is -0.535. The average Bonchev–Trinajstić information content (AvgIpc) is 2.46. The second-order valence-corrected chi connectivity index (χ2v) is 4.61. The van der Waals surface area contributed by atoms with E-state index in [2.05, 4.69) is 25.6 Å². The van der Waals surface area contributed by atoms with Gasteiger partial charge in [-0.2, -0.15) is 15.0 Å². The van der Waals surface area contributed by atoms with Gasteiger partial charge in [-0.05, 0) is 36.4 Å². The summed E-state index contributed by atoms with van der Waals surface area (Å²) in [6.07, 6.45) is 0. The van der Waals surface area contributed by atoms with Crippen molar-refractivity contribution in [3.05, 3.63) is 60.2 Å². The number of nitrogens with zero attached hydrogens (tertiary/aromatic N) is 3. The van der Waals surface area contributed by atoms with Gasteiger partial charge in [0.25, 0.3) is 0 Å². The third-order valence-electron chi connectivity index (χ3n) is 2.81. The van der Waals surface area contributed by atoms with Crippen molar-refractivity contribution < 1.29 is 8.78 Å². The Balaban J connectivity index is 1.84. The van der Waals surface area contributed by atoms with Gasteiger partial charge in [0.05, 0.1) is 0 Å². The molecule has 0 saturated heterocycles. The zero-order valence-corrected chi connectivity index (χ0v) is 11.8. The van der Waals surface area contributed by atoms with Crippen LogP contribution in [0.25, 0.3) is 0 Å². The Morgan fingerprint density at radius 3 is 1.65 bits per heavy atom. The predicted molar refractivity (Wildman–Crippen MR) is 83.6 cm³/mol. The van der Waals surface area contributed by atoms with Crippen molar-refractivity contribution in [2.24, 2.45) is 0 Å². The first-order valence-corrected chi connectivity index (χ1v) is 6.65. The molecule has 0 aliphatic heterocycles. The molecule has 0 aliphatic rings. The highest BCUT2D eigenvalue weighted by atomic mass is 19.1. The molecule has 3 aromatic rings. The molecule has 0 bridgehead atoms. The maximum Gasteiger partial charge on any atom is 0.233 e. The van der Waals surface area contributed by atoms with Crippen molar-refractivity contribution in [2.45, 2.75) is 0 Å². The number of nitrogens with two attached hydrogens (primary N) is 1. The molecule has 0 amide bonds. The fourth-order valence-electron chi connectivity index (χ4n) is 1.89. The molecule has 0 fully saturated rings. The standard InChI is InChI=1S/C15H12F2N6/c16-9-3-1-5-11(7-9)19-14-21-13(18)22-15(23-14)20-12-6-2-4-10(17)8-12/h1-8H,(H4,18,19,20,21,22,23). The Bertz CT molecular complexity index is 774. The number of nitrogens with one attached hydrogen (secondary N) is 2. The smallest absolute Gasteiger partial charge is 0.233 e. The van der Waals surface area contributed by atoms with Gasteiger partial charge in [0.1, 0.15) is 11.6 Å². The van der Waals surface area contributed by atoms with Crippen LogP contribution in [-0.2, 0) is 0 Å². The number of halogens is 2. The van der Waals surface area contributed by atoms with Crippen molar-refractivity contribution in [1.82, 2.24) is 15.0 Å². The van der Waals surface area contributed by atoms with Crippen LogP contribution in [0.2, 0.25) is 0 Å². The highest BCUT2D eigenvalue weighted by molar-refractivity contribution is 5.58. The Kier molecular flexibility index (Phi) is 3.96. The molecule has 3 rings (SSSR count). The number of hydrogen-bond acceptors (Lipinski definition) is 6. The lowest BCUT2D eigenvalue weighted by atomic mass is 10.3. The van der Waals surface area contributed by atoms with Crippen LogP contribution in [0.1, 0.15) is 0 Å². The molecule has 0 saturated carbocycles. The fourth-order valence-corrected chi connectivity index (χ4v) is 1.89. The number of aromatic nitrogens is 3. The summed E-state index contributed by atoms with van der Waals surface area (Å²) in [5.41, 5.74) is 6.57. The van der Waals surface area contributed by atoms with Crippen molar-refractivity contribution in [3.63, 3.8) is 0 Å². The molecule has 2 aromatic carbocycles. The van der Waals surface area contributed by atoms with Crippen LogP contribution in [0.15, 0.2) is 48.5 Å². The van der Waals surface area contributed by atoms with Crippen LogP contribution < -0.4 is 16.4 Å². The third-order valence-corrected chi connectivity index (χ3v) is 2.81. The van der Waals surface area contributed by atoms with E-state index in [9.17, 15) is 8.78 Å². The number of rotatable bonds is 4. The van der Waals surface area contributed by atoms with Crippen molar-refractivity contribution in [1.29, 1.82) is 0 Å². The number of nitrogen functional groups attached to an aromatic ring is 1. The van der Waals surface area contributed by atoms with E-state index < -0.39 is 11.6 Å². The summed E-state index contributed by atoms with van der Waals surface area (Å²) >= 11 is 0. The van der Waals surface area contributed by atoms with Crippen molar-refractivity contribution >= 4 is 29.2 Å². The lowest BCUT2D eigenvalue weighted by Gasteiger charge is -2.09. The van der Waals surface area contributed by atoms with E-state index in [1.165, 1.54) is 24.3 Å². The Morgan fingerprint density at radius 2 is 1.22 bits per heavy atom. The molecule has 0 radical (unpaired) electrons. The lowest BCUT2D eigenvalue weighted by molar-refractivity contribution is 0.628. The minimum absolute atomic E-state index is 0.0298. The first-order valence-electron chi connectivity index (χ1n) is 6.65. The predicted octanol–water partition coefficient (Wildman–Crippen LogP) is 3.22. The molecule has 116 valence electrons. The number of benzene rings is 2. The monoisotopic (exact) mass is 314 g/mol. The number of hydrogen-bond donors (Lipinski definition) is 3. The van der Waals surface area contributed by atoms with Crippen molar-refractivity contribution in [3.8, 4) is 0 Å². The van der Waals surface area contributed by atoms with E-state index >= 15 is 0 Å². The second kappa shape index (κ2) is 6.22. The van der Waals surface area contributed by atoms with Crippen LogP contribution in [-0.4, -0.2) is 15.0 Å². The van der Waals surface area contributed by atoms with Gasteiger partial charge in [0.15, 0.2) is 0 Å². The quantitative estimate of drug-likeness (QED) is 0.685. The molecule has 0 unspecified atom stereocenters. The van der Waals surface area contributed by atoms with Gasteiger partial charge in [0.2, 0.25) is 17.8 Å². The van der Waals surface area contributed by atoms with E-state index in [1.54, 1.807) is 24.3 Å². The van der Waals surface area contributed by atoms with E-state index in [1.807, 2.05) is 0 Å². The molecule has 1 heterocycles. The van der Waals surface area contributed by atoms with E-state index in [-0.39, 0.29) is 17.8 Å². The summed E-state index contributed by atoms with van der Waals surface area (Å²) < 4.78 is 26.4. The molecular formula is C15H12F2N6. The lowest BCUT2D eigenvalue weighted by Crippen LogP contribution is -2.07. The maximum absolute atomic E-state index is 13.2. The summed E-state index contributed by atoms with van der Waals surface area (Å²) in [5, 5.41) is 5.65. The molecule has 0 atom stereocenters. The van der Waals surface area contributed by atoms with Crippen LogP contribution in [0.3, 0.4) is 0 Å². The van der Waals surface area contributed by atoms with Gasteiger partial charge in [-0.15, -0.1) is 0 Å². The van der Waals surface area contributed by atoms with Gasteiger partial charge in [-0.3, -0.25) is 0 Å². The minimum Gasteiger partial charge on any atom is -0.368 e.